The molecule has 1 aromatic rings. The summed E-state index contributed by atoms with van der Waals surface area (Å²) in [7, 11) is 6.03. The summed E-state index contributed by atoms with van der Waals surface area (Å²) in [5, 5.41) is 0. The maximum absolute atomic E-state index is 6.17. The van der Waals surface area contributed by atoms with E-state index in [1.54, 1.807) is 7.11 Å². The van der Waals surface area contributed by atoms with Crippen LogP contribution in [-0.2, 0) is 0 Å². The molecule has 4 heteroatoms. The fourth-order valence-electron chi connectivity index (χ4n) is 3.04. The van der Waals surface area contributed by atoms with E-state index in [-0.39, 0.29) is 6.04 Å². The Morgan fingerprint density at radius 1 is 1.40 bits per heavy atom. The van der Waals surface area contributed by atoms with Crippen LogP contribution in [0.15, 0.2) is 18.2 Å². The lowest BCUT2D eigenvalue weighted by molar-refractivity contribution is 0.257. The van der Waals surface area contributed by atoms with Gasteiger partial charge < -0.3 is 20.3 Å². The molecule has 0 amide bonds. The number of benzene rings is 1. The topological polar surface area (TPSA) is 41.7 Å². The van der Waals surface area contributed by atoms with Crippen LogP contribution >= 0.6 is 0 Å². The lowest BCUT2D eigenvalue weighted by atomic mass is 10.00. The molecule has 1 saturated heterocycles. The average molecular weight is 277 g/mol. The molecule has 0 bridgehead atoms. The van der Waals surface area contributed by atoms with E-state index in [0.717, 1.165) is 24.4 Å². The maximum Gasteiger partial charge on any atom is 0.125 e. The summed E-state index contributed by atoms with van der Waals surface area (Å²) < 4.78 is 5.50. The highest BCUT2D eigenvalue weighted by molar-refractivity contribution is 5.61. The van der Waals surface area contributed by atoms with Crippen molar-refractivity contribution in [3.8, 4) is 5.75 Å². The number of likely N-dealkylation sites (N-methyl/N-ethyl adjacent to an activating group) is 1. The minimum atomic E-state index is -0.0270. The SMILES string of the molecule is COc1cccc(N2CCCC(N(C)C)C2)c1[C@@H](C)N. The average Bonchev–Trinajstić information content (AvgIpc) is 2.46. The van der Waals surface area contributed by atoms with Crippen molar-refractivity contribution in [2.24, 2.45) is 5.73 Å². The Balaban J connectivity index is 2.32. The molecule has 1 aromatic carbocycles. The van der Waals surface area contributed by atoms with Gasteiger partial charge in [-0.1, -0.05) is 6.07 Å². The zero-order valence-corrected chi connectivity index (χ0v) is 13.1. The van der Waals surface area contributed by atoms with Gasteiger partial charge in [0.1, 0.15) is 5.75 Å². The maximum atomic E-state index is 6.17. The monoisotopic (exact) mass is 277 g/mol. The van der Waals surface area contributed by atoms with Gasteiger partial charge in [0, 0.05) is 36.4 Å². The van der Waals surface area contributed by atoms with Crippen LogP contribution in [0.1, 0.15) is 31.4 Å². The third kappa shape index (κ3) is 3.07. The first-order chi connectivity index (χ1) is 9.54. The number of piperidine rings is 1. The number of hydrogen-bond acceptors (Lipinski definition) is 4. The number of ether oxygens (including phenoxy) is 1. The lowest BCUT2D eigenvalue weighted by Gasteiger charge is -2.39. The summed E-state index contributed by atoms with van der Waals surface area (Å²) in [6.07, 6.45) is 2.49. The van der Waals surface area contributed by atoms with Crippen LogP contribution in [0.2, 0.25) is 0 Å². The Labute approximate surface area is 122 Å². The molecule has 1 fully saturated rings. The normalized spacial score (nSPS) is 21.1. The summed E-state index contributed by atoms with van der Waals surface area (Å²) in [5.74, 6) is 0.893. The number of nitrogens with two attached hydrogens (primary N) is 1. The highest BCUT2D eigenvalue weighted by atomic mass is 16.5. The van der Waals surface area contributed by atoms with Gasteiger partial charge in [-0.2, -0.15) is 0 Å². The van der Waals surface area contributed by atoms with Gasteiger partial charge in [-0.25, -0.2) is 0 Å². The Morgan fingerprint density at radius 3 is 2.75 bits per heavy atom. The van der Waals surface area contributed by atoms with Crippen molar-refractivity contribution >= 4 is 5.69 Å². The van der Waals surface area contributed by atoms with Crippen molar-refractivity contribution in [2.75, 3.05) is 39.2 Å². The van der Waals surface area contributed by atoms with Gasteiger partial charge in [0.05, 0.1) is 7.11 Å². The summed E-state index contributed by atoms with van der Waals surface area (Å²) in [5.41, 5.74) is 8.52. The van der Waals surface area contributed by atoms with E-state index < -0.39 is 0 Å². The minimum absolute atomic E-state index is 0.0270. The van der Waals surface area contributed by atoms with Crippen LogP contribution in [0.4, 0.5) is 5.69 Å². The predicted octanol–water partition coefficient (Wildman–Crippen LogP) is 2.25. The molecule has 20 heavy (non-hydrogen) atoms. The summed E-state index contributed by atoms with van der Waals surface area (Å²) >= 11 is 0. The third-order valence-electron chi connectivity index (χ3n) is 4.19. The largest absolute Gasteiger partial charge is 0.496 e. The van der Waals surface area contributed by atoms with Crippen LogP contribution in [0.3, 0.4) is 0 Å². The predicted molar refractivity (Wildman–Crippen MR) is 84.5 cm³/mol. The first kappa shape index (κ1) is 15.1. The fourth-order valence-corrected chi connectivity index (χ4v) is 3.04. The summed E-state index contributed by atoms with van der Waals surface area (Å²) in [4.78, 5) is 4.77. The van der Waals surface area contributed by atoms with Gasteiger partial charge in [0.2, 0.25) is 0 Å². The van der Waals surface area contributed by atoms with Crippen molar-refractivity contribution < 1.29 is 4.74 Å². The Morgan fingerprint density at radius 2 is 2.15 bits per heavy atom. The van der Waals surface area contributed by atoms with Gasteiger partial charge >= 0.3 is 0 Å². The molecule has 0 spiro atoms. The number of rotatable bonds is 4. The molecule has 0 radical (unpaired) electrons. The van der Waals surface area contributed by atoms with Gasteiger partial charge in [-0.15, -0.1) is 0 Å². The van der Waals surface area contributed by atoms with E-state index in [2.05, 4.69) is 36.0 Å². The molecule has 0 saturated carbocycles. The molecule has 0 aromatic heterocycles. The third-order valence-corrected chi connectivity index (χ3v) is 4.19. The molecule has 0 aliphatic carbocycles. The van der Waals surface area contributed by atoms with Gasteiger partial charge in [-0.05, 0) is 46.0 Å². The van der Waals surface area contributed by atoms with E-state index in [1.165, 1.54) is 18.5 Å². The molecule has 1 unspecified atom stereocenters. The molecule has 4 nitrogen and oxygen atoms in total. The van der Waals surface area contributed by atoms with E-state index >= 15 is 0 Å². The number of nitrogens with zero attached hydrogens (tertiary/aromatic N) is 2. The molecule has 2 atom stereocenters. The number of anilines is 1. The molecule has 112 valence electrons. The van der Waals surface area contributed by atoms with E-state index in [9.17, 15) is 0 Å². The van der Waals surface area contributed by atoms with Crippen molar-refractivity contribution in [3.05, 3.63) is 23.8 Å². The van der Waals surface area contributed by atoms with Crippen LogP contribution in [-0.4, -0.2) is 45.2 Å². The highest BCUT2D eigenvalue weighted by Crippen LogP contribution is 2.35. The smallest absolute Gasteiger partial charge is 0.125 e. The molecular formula is C16H27N3O. The number of hydrogen-bond donors (Lipinski definition) is 1. The minimum Gasteiger partial charge on any atom is -0.496 e. The zero-order chi connectivity index (χ0) is 14.7. The van der Waals surface area contributed by atoms with Gasteiger partial charge in [0.25, 0.3) is 0 Å². The Hall–Kier alpha value is -1.26. The van der Waals surface area contributed by atoms with Crippen LogP contribution < -0.4 is 15.4 Å². The molecule has 2 rings (SSSR count). The van der Waals surface area contributed by atoms with E-state index in [1.807, 2.05) is 13.0 Å². The van der Waals surface area contributed by atoms with Crippen LogP contribution in [0.25, 0.3) is 0 Å². The van der Waals surface area contributed by atoms with Gasteiger partial charge in [-0.3, -0.25) is 0 Å². The molecule has 1 aliphatic heterocycles. The van der Waals surface area contributed by atoms with Crippen LogP contribution in [0.5, 0.6) is 5.75 Å². The van der Waals surface area contributed by atoms with Gasteiger partial charge in [0.15, 0.2) is 0 Å². The first-order valence-corrected chi connectivity index (χ1v) is 7.38. The molecule has 1 heterocycles. The fraction of sp³-hybridized carbons (Fsp3) is 0.625. The molecular weight excluding hydrogens is 250 g/mol. The first-order valence-electron chi connectivity index (χ1n) is 7.38. The number of methoxy groups -OCH3 is 1. The van der Waals surface area contributed by atoms with Crippen molar-refractivity contribution in [1.82, 2.24) is 4.90 Å². The van der Waals surface area contributed by atoms with Crippen molar-refractivity contribution in [2.45, 2.75) is 31.8 Å². The Kier molecular flexibility index (Phi) is 4.89. The zero-order valence-electron chi connectivity index (χ0n) is 13.1. The van der Waals surface area contributed by atoms with Crippen molar-refractivity contribution in [1.29, 1.82) is 0 Å². The Bertz CT molecular complexity index is 445. The summed E-state index contributed by atoms with van der Waals surface area (Å²) in [6.45, 7) is 4.17. The lowest BCUT2D eigenvalue weighted by Crippen LogP contribution is -2.45. The van der Waals surface area contributed by atoms with Crippen LogP contribution in [0, 0.1) is 0 Å². The summed E-state index contributed by atoms with van der Waals surface area (Å²) in [6, 6.07) is 6.80. The molecule has 1 aliphatic rings. The molecule has 2 N–H and O–H groups in total. The second-order valence-corrected chi connectivity index (χ2v) is 5.89. The van der Waals surface area contributed by atoms with E-state index in [4.69, 9.17) is 10.5 Å². The van der Waals surface area contributed by atoms with E-state index in [0.29, 0.717) is 6.04 Å². The second-order valence-electron chi connectivity index (χ2n) is 5.89. The highest BCUT2D eigenvalue weighted by Gasteiger charge is 2.25. The second kappa shape index (κ2) is 6.46. The standard InChI is InChI=1S/C16H27N3O/c1-12(17)16-14(8-5-9-15(16)20-4)19-10-6-7-13(11-19)18(2)3/h5,8-9,12-13H,6-7,10-11,17H2,1-4H3/t12-,13?/m1/s1. The quantitative estimate of drug-likeness (QED) is 0.916. The van der Waals surface area contributed by atoms with Crippen molar-refractivity contribution in [3.63, 3.8) is 0 Å².